The highest BCUT2D eigenvalue weighted by Gasteiger charge is 2.15. The zero-order valence-electron chi connectivity index (χ0n) is 15.1. The Morgan fingerprint density at radius 3 is 1.87 bits per heavy atom. The van der Waals surface area contributed by atoms with E-state index in [1.807, 2.05) is 47.9 Å². The summed E-state index contributed by atoms with van der Waals surface area (Å²) in [5, 5.41) is 12.8. The first kappa shape index (κ1) is 23.4. The molecule has 0 amide bonds. The molecule has 0 aromatic heterocycles. The molecule has 0 saturated carbocycles. The number of nitrogens with two attached hydrogens (primary N) is 1. The summed E-state index contributed by atoms with van der Waals surface area (Å²) in [6.07, 6.45) is -0.982. The van der Waals surface area contributed by atoms with E-state index in [9.17, 15) is 9.50 Å². The lowest BCUT2D eigenvalue weighted by atomic mass is 10.0. The Morgan fingerprint density at radius 2 is 1.39 bits per heavy atom. The van der Waals surface area contributed by atoms with Crippen LogP contribution in [0.5, 0.6) is 0 Å². The number of aliphatic hydroxyl groups is 1. The van der Waals surface area contributed by atoms with Crippen LogP contribution in [0.15, 0.2) is 48.5 Å². The van der Waals surface area contributed by atoms with Crippen molar-refractivity contribution in [1.29, 1.82) is 0 Å². The number of nitrogen functional groups attached to an aromatic ring is 1. The predicted molar refractivity (Wildman–Crippen MR) is 99.0 cm³/mol. The van der Waals surface area contributed by atoms with Gasteiger partial charge < -0.3 is 16.2 Å². The Kier molecular flexibility index (Phi) is 15.2. The largest absolute Gasteiger partial charge is 0.396 e. The number of aliphatic hydroxyl groups excluding tert-OH is 1. The fourth-order valence-corrected chi connectivity index (χ4v) is 1.59. The fraction of sp³-hybridized carbons (Fsp3) is 0.368. The van der Waals surface area contributed by atoms with Gasteiger partial charge in [0.05, 0.1) is 5.69 Å². The van der Waals surface area contributed by atoms with Gasteiger partial charge in [-0.05, 0) is 25.7 Å². The molecule has 1 atom stereocenters. The van der Waals surface area contributed by atoms with Gasteiger partial charge in [0.1, 0.15) is 6.10 Å². The van der Waals surface area contributed by atoms with Gasteiger partial charge in [0, 0.05) is 5.56 Å². The molecule has 0 radical (unpaired) electrons. The van der Waals surface area contributed by atoms with Crippen LogP contribution in [-0.2, 0) is 0 Å². The summed E-state index contributed by atoms with van der Waals surface area (Å²) >= 11 is 0. The average molecular weight is 322 g/mol. The highest BCUT2D eigenvalue weighted by molar-refractivity contribution is 5.45. The zero-order valence-corrected chi connectivity index (χ0v) is 15.1. The van der Waals surface area contributed by atoms with Crippen molar-refractivity contribution in [2.45, 2.75) is 33.8 Å². The van der Waals surface area contributed by atoms with Gasteiger partial charge in [-0.3, -0.25) is 0 Å². The Hall–Kier alpha value is -1.91. The van der Waals surface area contributed by atoms with E-state index < -0.39 is 11.9 Å². The number of benzene rings is 2. The second-order valence-electron chi connectivity index (χ2n) is 4.06. The van der Waals surface area contributed by atoms with Crippen LogP contribution in [0.3, 0.4) is 0 Å². The molecule has 0 aliphatic heterocycles. The number of anilines is 1. The molecule has 4 heteroatoms. The molecule has 0 heterocycles. The molecule has 0 bridgehead atoms. The lowest BCUT2D eigenvalue weighted by Gasteiger charge is -2.13. The summed E-state index contributed by atoms with van der Waals surface area (Å²) in [6, 6.07) is 13.5. The van der Waals surface area contributed by atoms with Crippen molar-refractivity contribution in [3.63, 3.8) is 0 Å². The molecule has 0 saturated heterocycles. The second-order valence-corrected chi connectivity index (χ2v) is 4.06. The Bertz CT molecular complexity index is 504. The van der Waals surface area contributed by atoms with Crippen LogP contribution >= 0.6 is 0 Å². The highest BCUT2D eigenvalue weighted by Crippen LogP contribution is 2.26. The van der Waals surface area contributed by atoms with Crippen LogP contribution in [0.25, 0.3) is 0 Å². The molecule has 1 unspecified atom stereocenters. The molecule has 2 rings (SSSR count). The summed E-state index contributed by atoms with van der Waals surface area (Å²) in [5.74, 6) is -0.557. The van der Waals surface area contributed by atoms with Gasteiger partial charge in [-0.2, -0.15) is 0 Å². The van der Waals surface area contributed by atoms with Gasteiger partial charge in [0.15, 0.2) is 5.82 Å². The average Bonchev–Trinajstić information content (AvgIpc) is 2.62. The molecule has 0 spiro atoms. The molecule has 0 aliphatic rings. The lowest BCUT2D eigenvalue weighted by molar-refractivity contribution is 0.215. The molecule has 0 aliphatic carbocycles. The standard InChI is InChI=1S/C13H12FNO.C2H7N.2C2H6/c14-12-10(7-4-8-11(12)15)13(16)9-5-2-1-3-6-9;1-3-2;2*1-2/h1-8,13,16H,15H2;3H,1-2H3;2*1-2H3. The van der Waals surface area contributed by atoms with Gasteiger partial charge in [-0.1, -0.05) is 70.2 Å². The first-order chi connectivity index (χ1) is 11.1. The third-order valence-electron chi connectivity index (χ3n) is 2.47. The van der Waals surface area contributed by atoms with Gasteiger partial charge in [-0.25, -0.2) is 4.39 Å². The summed E-state index contributed by atoms with van der Waals surface area (Å²) in [7, 11) is 3.75. The Balaban J connectivity index is 0. The lowest BCUT2D eigenvalue weighted by Crippen LogP contribution is -2.04. The van der Waals surface area contributed by atoms with Crippen LogP contribution in [-0.4, -0.2) is 19.2 Å². The maximum absolute atomic E-state index is 13.7. The predicted octanol–water partition coefficient (Wildman–Crippen LogP) is 4.38. The van der Waals surface area contributed by atoms with E-state index in [1.54, 1.807) is 30.3 Å². The van der Waals surface area contributed by atoms with Crippen LogP contribution in [0.1, 0.15) is 44.9 Å². The Labute approximate surface area is 140 Å². The van der Waals surface area contributed by atoms with Gasteiger partial charge in [0.25, 0.3) is 0 Å². The third kappa shape index (κ3) is 8.33. The molecule has 3 nitrogen and oxygen atoms in total. The van der Waals surface area contributed by atoms with Crippen molar-refractivity contribution in [2.24, 2.45) is 0 Å². The maximum atomic E-state index is 13.7. The number of halogens is 1. The molecular weight excluding hydrogens is 291 g/mol. The Morgan fingerprint density at radius 1 is 0.913 bits per heavy atom. The first-order valence-corrected chi connectivity index (χ1v) is 7.97. The van der Waals surface area contributed by atoms with Crippen molar-refractivity contribution in [3.05, 3.63) is 65.5 Å². The zero-order chi connectivity index (χ0) is 18.3. The molecule has 0 fully saturated rings. The van der Waals surface area contributed by atoms with Crippen molar-refractivity contribution in [2.75, 3.05) is 19.8 Å². The number of rotatable bonds is 2. The van der Waals surface area contributed by atoms with E-state index in [0.29, 0.717) is 5.56 Å². The topological polar surface area (TPSA) is 58.3 Å². The maximum Gasteiger partial charge on any atom is 0.152 e. The van der Waals surface area contributed by atoms with E-state index in [0.717, 1.165) is 0 Å². The van der Waals surface area contributed by atoms with Crippen LogP contribution in [0.4, 0.5) is 10.1 Å². The molecule has 23 heavy (non-hydrogen) atoms. The van der Waals surface area contributed by atoms with Crippen molar-refractivity contribution in [3.8, 4) is 0 Å². The fourth-order valence-electron chi connectivity index (χ4n) is 1.59. The smallest absolute Gasteiger partial charge is 0.152 e. The van der Waals surface area contributed by atoms with E-state index in [2.05, 4.69) is 5.32 Å². The van der Waals surface area contributed by atoms with Crippen molar-refractivity contribution < 1.29 is 9.50 Å². The quantitative estimate of drug-likeness (QED) is 0.719. The third-order valence-corrected chi connectivity index (χ3v) is 2.47. The summed E-state index contributed by atoms with van der Waals surface area (Å²) in [5.41, 5.74) is 6.34. The van der Waals surface area contributed by atoms with E-state index in [-0.39, 0.29) is 11.3 Å². The van der Waals surface area contributed by atoms with Crippen molar-refractivity contribution >= 4 is 5.69 Å². The van der Waals surface area contributed by atoms with Crippen LogP contribution in [0.2, 0.25) is 0 Å². The summed E-state index contributed by atoms with van der Waals surface area (Å²) in [4.78, 5) is 0. The number of hydrogen-bond donors (Lipinski definition) is 3. The van der Waals surface area contributed by atoms with E-state index in [4.69, 9.17) is 5.73 Å². The van der Waals surface area contributed by atoms with Crippen LogP contribution in [0, 0.1) is 5.82 Å². The molecule has 2 aromatic rings. The first-order valence-electron chi connectivity index (χ1n) is 7.97. The minimum atomic E-state index is -0.982. The van der Waals surface area contributed by atoms with E-state index in [1.165, 1.54) is 12.1 Å². The molecule has 130 valence electrons. The number of nitrogens with one attached hydrogen (secondary N) is 1. The second kappa shape index (κ2) is 15.0. The van der Waals surface area contributed by atoms with E-state index >= 15 is 0 Å². The van der Waals surface area contributed by atoms with Gasteiger partial charge in [0.2, 0.25) is 0 Å². The number of hydrogen-bond acceptors (Lipinski definition) is 3. The SMILES string of the molecule is CC.CC.CNC.Nc1cccc(C(O)c2ccccc2)c1F. The normalized spacial score (nSPS) is 9.91. The monoisotopic (exact) mass is 322 g/mol. The summed E-state index contributed by atoms with van der Waals surface area (Å²) < 4.78 is 13.7. The van der Waals surface area contributed by atoms with Crippen LogP contribution < -0.4 is 11.1 Å². The minimum Gasteiger partial charge on any atom is -0.396 e. The van der Waals surface area contributed by atoms with Gasteiger partial charge in [-0.15, -0.1) is 0 Å². The van der Waals surface area contributed by atoms with Gasteiger partial charge >= 0.3 is 0 Å². The molecule has 2 aromatic carbocycles. The molecule has 4 N–H and O–H groups in total. The highest BCUT2D eigenvalue weighted by atomic mass is 19.1. The summed E-state index contributed by atoms with van der Waals surface area (Å²) in [6.45, 7) is 8.00. The molecular formula is C19H31FN2O. The van der Waals surface area contributed by atoms with Crippen molar-refractivity contribution in [1.82, 2.24) is 5.32 Å². The minimum absolute atomic E-state index is 0.0486.